The first-order chi connectivity index (χ1) is 13.2. The van der Waals surface area contributed by atoms with E-state index in [1.54, 1.807) is 10.7 Å². The Hall–Kier alpha value is -3.07. The predicted octanol–water partition coefficient (Wildman–Crippen LogP) is 4.34. The first-order valence-electron chi connectivity index (χ1n) is 9.33. The van der Waals surface area contributed by atoms with Gasteiger partial charge >= 0.3 is 0 Å². The molecule has 2 aromatic carbocycles. The van der Waals surface area contributed by atoms with Crippen molar-refractivity contribution in [2.75, 3.05) is 0 Å². The minimum atomic E-state index is -0.232. The smallest absolute Gasteiger partial charge is 0.205 e. The molecule has 0 radical (unpaired) electrons. The first kappa shape index (κ1) is 16.1. The maximum Gasteiger partial charge on any atom is 0.205 e. The summed E-state index contributed by atoms with van der Waals surface area (Å²) in [5.41, 5.74) is 4.26. The van der Waals surface area contributed by atoms with Gasteiger partial charge in [-0.15, -0.1) is 5.10 Å². The third-order valence-electron chi connectivity index (χ3n) is 6.04. The van der Waals surface area contributed by atoms with Crippen molar-refractivity contribution in [3.8, 4) is 11.9 Å². The van der Waals surface area contributed by atoms with Crippen molar-refractivity contribution in [3.63, 3.8) is 0 Å². The second-order valence-corrected chi connectivity index (χ2v) is 7.49. The number of aromatic nitrogens is 3. The first-order valence-corrected chi connectivity index (χ1v) is 9.33. The highest BCUT2D eigenvalue weighted by Crippen LogP contribution is 2.49. The van der Waals surface area contributed by atoms with Gasteiger partial charge in [-0.2, -0.15) is 10.3 Å². The Morgan fingerprint density at radius 1 is 1.11 bits per heavy atom. The summed E-state index contributed by atoms with van der Waals surface area (Å²) < 4.78 is 16.5. The van der Waals surface area contributed by atoms with Gasteiger partial charge in [-0.25, -0.2) is 9.07 Å². The van der Waals surface area contributed by atoms with Crippen LogP contribution in [0.1, 0.15) is 43.2 Å². The number of nitriles is 1. The fourth-order valence-electron chi connectivity index (χ4n) is 4.82. The van der Waals surface area contributed by atoms with Crippen LogP contribution in [0.25, 0.3) is 16.7 Å². The molecule has 1 spiro atoms. The second kappa shape index (κ2) is 5.98. The topological polar surface area (TPSA) is 66.9 Å². The molecular weight excluding hydrogens is 341 g/mol. The second-order valence-electron chi connectivity index (χ2n) is 7.49. The fourth-order valence-corrected chi connectivity index (χ4v) is 4.82. The molecule has 0 aliphatic heterocycles. The average molecular weight is 359 g/mol. The molecule has 2 aliphatic carbocycles. The van der Waals surface area contributed by atoms with Gasteiger partial charge in [0.2, 0.25) is 6.19 Å². The van der Waals surface area contributed by atoms with Gasteiger partial charge in [0.25, 0.3) is 0 Å². The summed E-state index contributed by atoms with van der Waals surface area (Å²) >= 11 is 0. The Balaban J connectivity index is 1.78. The molecule has 0 bridgehead atoms. The zero-order chi connectivity index (χ0) is 18.4. The molecule has 2 aliphatic rings. The minimum absolute atomic E-state index is 0.230. The standard InChI is InChI=1S/C21H18FN5/c22-15-8-9-18(27-17-7-3-2-6-16(17)25-26-27)19-14(15)12-21(20(19)24-13-23)10-4-1-5-11-21/h2-3,6-9H,1,4-5,10-12H2. The lowest BCUT2D eigenvalue weighted by molar-refractivity contribution is 0.289. The minimum Gasteiger partial charge on any atom is -0.212 e. The molecule has 1 heterocycles. The molecule has 1 fully saturated rings. The van der Waals surface area contributed by atoms with E-state index < -0.39 is 0 Å². The van der Waals surface area contributed by atoms with Gasteiger partial charge in [-0.3, -0.25) is 0 Å². The van der Waals surface area contributed by atoms with E-state index in [0.717, 1.165) is 53.7 Å². The van der Waals surface area contributed by atoms with Crippen LogP contribution in [0.3, 0.4) is 0 Å². The number of benzene rings is 2. The van der Waals surface area contributed by atoms with Gasteiger partial charge in [-0.1, -0.05) is 36.6 Å². The number of para-hydroxylation sites is 1. The largest absolute Gasteiger partial charge is 0.212 e. The van der Waals surface area contributed by atoms with Crippen molar-refractivity contribution in [2.24, 2.45) is 10.4 Å². The molecule has 0 N–H and O–H groups in total. The number of nitrogens with zero attached hydrogens (tertiary/aromatic N) is 5. The fraction of sp³-hybridized carbons (Fsp3) is 0.333. The Labute approximate surface area is 156 Å². The van der Waals surface area contributed by atoms with Crippen LogP contribution < -0.4 is 0 Å². The number of rotatable bonds is 1. The Morgan fingerprint density at radius 3 is 2.74 bits per heavy atom. The van der Waals surface area contributed by atoms with Crippen molar-refractivity contribution in [1.82, 2.24) is 15.0 Å². The zero-order valence-electron chi connectivity index (χ0n) is 14.8. The molecule has 27 heavy (non-hydrogen) atoms. The summed E-state index contributed by atoms with van der Waals surface area (Å²) in [4.78, 5) is 4.23. The monoisotopic (exact) mass is 359 g/mol. The van der Waals surface area contributed by atoms with E-state index in [9.17, 15) is 9.65 Å². The highest BCUT2D eigenvalue weighted by atomic mass is 19.1. The maximum atomic E-state index is 14.8. The molecule has 0 saturated heterocycles. The summed E-state index contributed by atoms with van der Waals surface area (Å²) in [7, 11) is 0. The summed E-state index contributed by atoms with van der Waals surface area (Å²) in [6.07, 6.45) is 7.82. The molecular formula is C21H18FN5. The zero-order valence-corrected chi connectivity index (χ0v) is 14.8. The third kappa shape index (κ3) is 2.31. The number of halogens is 1. The van der Waals surface area contributed by atoms with Gasteiger partial charge in [0.1, 0.15) is 11.3 Å². The lowest BCUT2D eigenvalue weighted by Crippen LogP contribution is -2.31. The number of aliphatic imine (C=N–C) groups is 1. The van der Waals surface area contributed by atoms with Gasteiger partial charge in [0.15, 0.2) is 0 Å². The highest BCUT2D eigenvalue weighted by Gasteiger charge is 2.46. The van der Waals surface area contributed by atoms with Crippen LogP contribution in [0.15, 0.2) is 41.4 Å². The maximum absolute atomic E-state index is 14.8. The van der Waals surface area contributed by atoms with Gasteiger partial charge < -0.3 is 0 Å². The van der Waals surface area contributed by atoms with Gasteiger partial charge in [-0.05, 0) is 43.5 Å². The summed E-state index contributed by atoms with van der Waals surface area (Å²) in [6.45, 7) is 0. The van der Waals surface area contributed by atoms with Gasteiger partial charge in [0, 0.05) is 16.5 Å². The van der Waals surface area contributed by atoms with Crippen LogP contribution in [0.2, 0.25) is 0 Å². The van der Waals surface area contributed by atoms with Crippen LogP contribution in [0, 0.1) is 22.7 Å². The lowest BCUT2D eigenvalue weighted by atomic mass is 9.71. The van der Waals surface area contributed by atoms with Crippen molar-refractivity contribution in [1.29, 1.82) is 5.26 Å². The van der Waals surface area contributed by atoms with E-state index in [-0.39, 0.29) is 11.2 Å². The normalized spacial score (nSPS) is 19.5. The molecule has 1 aromatic heterocycles. The van der Waals surface area contributed by atoms with Crippen molar-refractivity contribution >= 4 is 16.7 Å². The number of hydrogen-bond donors (Lipinski definition) is 0. The summed E-state index contributed by atoms with van der Waals surface area (Å²) in [5.74, 6) is -0.230. The molecule has 0 atom stereocenters. The average Bonchev–Trinajstić information content (AvgIpc) is 3.25. The van der Waals surface area contributed by atoms with Crippen molar-refractivity contribution < 1.29 is 4.39 Å². The van der Waals surface area contributed by atoms with Crippen LogP contribution in [-0.4, -0.2) is 20.7 Å². The summed E-state index contributed by atoms with van der Waals surface area (Å²) in [6, 6.07) is 10.9. The van der Waals surface area contributed by atoms with Crippen LogP contribution in [0.5, 0.6) is 0 Å². The van der Waals surface area contributed by atoms with E-state index in [0.29, 0.717) is 12.0 Å². The van der Waals surface area contributed by atoms with Crippen LogP contribution in [0.4, 0.5) is 4.39 Å². The Morgan fingerprint density at radius 2 is 1.93 bits per heavy atom. The highest BCUT2D eigenvalue weighted by molar-refractivity contribution is 6.12. The van der Waals surface area contributed by atoms with E-state index in [1.807, 2.05) is 30.5 Å². The Kier molecular flexibility index (Phi) is 3.57. The van der Waals surface area contributed by atoms with E-state index in [2.05, 4.69) is 15.3 Å². The van der Waals surface area contributed by atoms with Crippen LogP contribution >= 0.6 is 0 Å². The van der Waals surface area contributed by atoms with E-state index in [1.165, 1.54) is 12.5 Å². The quantitative estimate of drug-likeness (QED) is 0.607. The Bertz CT molecular complexity index is 1120. The van der Waals surface area contributed by atoms with Gasteiger partial charge in [0.05, 0.1) is 16.9 Å². The number of fused-ring (bicyclic) bond motifs is 2. The molecule has 0 unspecified atom stereocenters. The molecule has 6 heteroatoms. The molecule has 3 aromatic rings. The van der Waals surface area contributed by atoms with E-state index in [4.69, 9.17) is 0 Å². The van der Waals surface area contributed by atoms with Crippen molar-refractivity contribution in [2.45, 2.75) is 38.5 Å². The molecule has 5 nitrogen and oxygen atoms in total. The SMILES string of the molecule is N#CN=C1c2c(-n3nnc4ccccc43)ccc(F)c2CC12CCCCC2. The lowest BCUT2D eigenvalue weighted by Gasteiger charge is -2.33. The summed E-state index contributed by atoms with van der Waals surface area (Å²) in [5, 5.41) is 17.9. The molecule has 5 rings (SSSR count). The molecule has 0 amide bonds. The predicted molar refractivity (Wildman–Crippen MR) is 100 cm³/mol. The van der Waals surface area contributed by atoms with Crippen LogP contribution in [-0.2, 0) is 6.42 Å². The molecule has 1 saturated carbocycles. The molecule has 134 valence electrons. The number of hydrogen-bond acceptors (Lipinski definition) is 4. The van der Waals surface area contributed by atoms with Crippen molar-refractivity contribution in [3.05, 3.63) is 53.3 Å². The van der Waals surface area contributed by atoms with E-state index >= 15 is 0 Å². The third-order valence-corrected chi connectivity index (χ3v) is 6.04.